The van der Waals surface area contributed by atoms with Crippen LogP contribution in [0.1, 0.15) is 62.6 Å². The summed E-state index contributed by atoms with van der Waals surface area (Å²) >= 11 is 0. The van der Waals surface area contributed by atoms with E-state index in [1.54, 1.807) is 42.6 Å². The molecular weight excluding hydrogens is 639 g/mol. The number of carbonyl (C=O) groups is 4. The van der Waals surface area contributed by atoms with Crippen molar-refractivity contribution in [2.75, 3.05) is 13.1 Å². The Morgan fingerprint density at radius 2 is 1.53 bits per heavy atom. The number of amides is 4. The van der Waals surface area contributed by atoms with Crippen LogP contribution in [0.4, 0.5) is 18.0 Å². The second-order valence-corrected chi connectivity index (χ2v) is 14.0. The molecule has 4 saturated carbocycles. The third-order valence-corrected chi connectivity index (χ3v) is 10.4. The van der Waals surface area contributed by atoms with Crippen LogP contribution in [0.25, 0.3) is 10.9 Å². The minimum atomic E-state index is -5.05. The number of aromatic nitrogens is 1. The van der Waals surface area contributed by atoms with Gasteiger partial charge >= 0.3 is 18.2 Å². The molecule has 0 unspecified atom stereocenters. The number of hydrogen-bond acceptors (Lipinski definition) is 5. The first kappa shape index (κ1) is 34.3. The number of alkyl carbamates (subject to hydrolysis) is 1. The Balaban J connectivity index is 1.15. The number of para-hydroxylation sites is 1. The predicted molar refractivity (Wildman–Crippen MR) is 175 cm³/mol. The Labute approximate surface area is 282 Å². The van der Waals surface area contributed by atoms with Gasteiger partial charge in [-0.2, -0.15) is 13.2 Å². The first-order valence-electron chi connectivity index (χ1n) is 16.9. The molecule has 49 heavy (non-hydrogen) atoms. The van der Waals surface area contributed by atoms with Crippen LogP contribution in [-0.2, 0) is 25.5 Å². The van der Waals surface area contributed by atoms with Gasteiger partial charge in [-0.3, -0.25) is 14.4 Å². The molecule has 4 aliphatic rings. The van der Waals surface area contributed by atoms with Gasteiger partial charge in [-0.15, -0.1) is 0 Å². The number of ether oxygens (including phenoxy) is 1. The van der Waals surface area contributed by atoms with Crippen molar-refractivity contribution in [2.24, 2.45) is 23.7 Å². The number of nitrogens with one attached hydrogen (secondary N) is 5. The number of H-pyrrole nitrogens is 1. The molecule has 0 aliphatic heterocycles. The third-order valence-electron chi connectivity index (χ3n) is 10.4. The monoisotopic (exact) mass is 681 g/mol. The maximum atomic E-state index is 14.1. The average molecular weight is 682 g/mol. The second kappa shape index (κ2) is 14.1. The molecule has 0 radical (unpaired) electrons. The number of alkyl halides is 3. The van der Waals surface area contributed by atoms with E-state index in [0.29, 0.717) is 29.2 Å². The van der Waals surface area contributed by atoms with E-state index in [4.69, 9.17) is 4.74 Å². The van der Waals surface area contributed by atoms with Gasteiger partial charge in [-0.05, 0) is 79.9 Å². The van der Waals surface area contributed by atoms with Crippen molar-refractivity contribution < 1.29 is 37.1 Å². The minimum absolute atomic E-state index is 0.0841. The summed E-state index contributed by atoms with van der Waals surface area (Å²) in [5.41, 5.74) is 0.885. The summed E-state index contributed by atoms with van der Waals surface area (Å²) in [4.78, 5) is 54.8. The molecule has 5 N–H and O–H groups in total. The van der Waals surface area contributed by atoms with Crippen LogP contribution in [0.5, 0.6) is 0 Å². The molecule has 4 bridgehead atoms. The fourth-order valence-corrected chi connectivity index (χ4v) is 8.27. The molecule has 2 aromatic carbocycles. The molecule has 4 aliphatic carbocycles. The predicted octanol–water partition coefficient (Wildman–Crippen LogP) is 5.06. The zero-order valence-corrected chi connectivity index (χ0v) is 27.3. The lowest BCUT2D eigenvalue weighted by atomic mass is 9.55. The Hall–Kier alpha value is -4.55. The van der Waals surface area contributed by atoms with Crippen LogP contribution in [0.2, 0.25) is 0 Å². The van der Waals surface area contributed by atoms with E-state index in [1.807, 2.05) is 30.5 Å². The zero-order valence-electron chi connectivity index (χ0n) is 27.3. The van der Waals surface area contributed by atoms with E-state index in [1.165, 1.54) is 6.42 Å². The number of benzene rings is 2. The highest BCUT2D eigenvalue weighted by Gasteiger charge is 2.50. The maximum absolute atomic E-state index is 14.1. The molecule has 7 rings (SSSR count). The Bertz CT molecular complexity index is 1650. The van der Waals surface area contributed by atoms with Crippen LogP contribution in [0.3, 0.4) is 0 Å². The lowest BCUT2D eigenvalue weighted by Crippen LogP contribution is -2.60. The maximum Gasteiger partial charge on any atom is 0.471 e. The van der Waals surface area contributed by atoms with Crippen LogP contribution in [-0.4, -0.2) is 59.7 Å². The molecule has 1 heterocycles. The molecule has 10 nitrogen and oxygen atoms in total. The summed E-state index contributed by atoms with van der Waals surface area (Å²) in [6.45, 7) is 1.04. The first-order valence-corrected chi connectivity index (χ1v) is 16.9. The normalized spacial score (nSPS) is 24.4. The van der Waals surface area contributed by atoms with Crippen LogP contribution < -0.4 is 21.3 Å². The van der Waals surface area contributed by atoms with Crippen molar-refractivity contribution in [3.63, 3.8) is 0 Å². The molecule has 13 heteroatoms. The van der Waals surface area contributed by atoms with Crippen molar-refractivity contribution in [3.8, 4) is 0 Å². The van der Waals surface area contributed by atoms with Gasteiger partial charge in [0.1, 0.15) is 11.6 Å². The number of rotatable bonds is 12. The van der Waals surface area contributed by atoms with Gasteiger partial charge in [0.15, 0.2) is 0 Å². The number of aromatic amines is 1. The fourth-order valence-electron chi connectivity index (χ4n) is 8.27. The molecule has 4 amide bonds. The standard InChI is InChI=1S/C36H42F3N5O5/c1-35(18-26-19-41-28-10-6-5-9-27(26)28,44-34(48)49-31-24-14-21-13-22(16-24)17-25(31)15-21)32(46)42-20-29(23-7-3-2-4-8-23)43-30(45)11-12-40-33(47)36(37,38)39/h2-10,19,21-22,24-25,29,31,41H,11-18,20H2,1H3,(H,40,47)(H,42,46)(H,43,45)(H,44,48)/t21?,22?,24?,25?,29-,31?,35-/m1/s1. The van der Waals surface area contributed by atoms with Crippen LogP contribution in [0.15, 0.2) is 60.8 Å². The topological polar surface area (TPSA) is 141 Å². The van der Waals surface area contributed by atoms with Crippen LogP contribution in [0, 0.1) is 23.7 Å². The summed E-state index contributed by atoms with van der Waals surface area (Å²) in [5, 5.41) is 11.1. The van der Waals surface area contributed by atoms with Gasteiger partial charge in [-0.1, -0.05) is 48.5 Å². The largest absolute Gasteiger partial charge is 0.471 e. The molecule has 0 saturated heterocycles. The van der Waals surface area contributed by atoms with Crippen molar-refractivity contribution in [1.82, 2.24) is 26.3 Å². The van der Waals surface area contributed by atoms with Crippen molar-refractivity contribution in [2.45, 2.75) is 75.7 Å². The van der Waals surface area contributed by atoms with Gasteiger partial charge in [0.2, 0.25) is 11.8 Å². The number of carbonyl (C=O) groups excluding carboxylic acids is 4. The van der Waals surface area contributed by atoms with Gasteiger partial charge in [0.25, 0.3) is 0 Å². The van der Waals surface area contributed by atoms with Crippen molar-refractivity contribution >= 4 is 34.7 Å². The van der Waals surface area contributed by atoms with Gasteiger partial charge < -0.3 is 31.0 Å². The average Bonchev–Trinajstić information content (AvgIpc) is 3.46. The Kier molecular flexibility index (Phi) is 9.89. The Morgan fingerprint density at radius 1 is 0.878 bits per heavy atom. The van der Waals surface area contributed by atoms with E-state index in [0.717, 1.165) is 42.1 Å². The van der Waals surface area contributed by atoms with Gasteiger partial charge in [0, 0.05) is 43.0 Å². The van der Waals surface area contributed by atoms with Crippen LogP contribution >= 0.6 is 0 Å². The fraction of sp³-hybridized carbons (Fsp3) is 0.500. The van der Waals surface area contributed by atoms with Crippen molar-refractivity contribution in [1.29, 1.82) is 0 Å². The highest BCUT2D eigenvalue weighted by molar-refractivity contribution is 5.91. The SMILES string of the molecule is C[C@](Cc1c[nH]c2ccccc12)(NC(=O)OC1C2CC3CC(C2)CC1C3)C(=O)NC[C@@H](NC(=O)CCNC(=O)C(F)(F)F)c1ccccc1. The van der Waals surface area contributed by atoms with E-state index in [2.05, 4.69) is 20.9 Å². The lowest BCUT2D eigenvalue weighted by Gasteiger charge is -2.53. The quantitative estimate of drug-likeness (QED) is 0.182. The molecule has 262 valence electrons. The summed E-state index contributed by atoms with van der Waals surface area (Å²) in [7, 11) is 0. The first-order chi connectivity index (χ1) is 23.4. The lowest BCUT2D eigenvalue weighted by molar-refractivity contribution is -0.173. The summed E-state index contributed by atoms with van der Waals surface area (Å²) in [5.74, 6) is -1.16. The molecule has 0 spiro atoms. The number of fused-ring (bicyclic) bond motifs is 1. The summed E-state index contributed by atoms with van der Waals surface area (Å²) < 4.78 is 43.8. The van der Waals surface area contributed by atoms with E-state index >= 15 is 0 Å². The summed E-state index contributed by atoms with van der Waals surface area (Å²) in [6, 6.07) is 15.7. The van der Waals surface area contributed by atoms with E-state index in [9.17, 15) is 32.3 Å². The minimum Gasteiger partial charge on any atom is -0.446 e. The second-order valence-electron chi connectivity index (χ2n) is 14.0. The molecule has 1 aromatic heterocycles. The van der Waals surface area contributed by atoms with E-state index in [-0.39, 0.29) is 19.1 Å². The molecular formula is C36H42F3N5O5. The third kappa shape index (κ3) is 8.02. The zero-order chi connectivity index (χ0) is 34.8. The smallest absolute Gasteiger partial charge is 0.446 e. The van der Waals surface area contributed by atoms with E-state index < -0.39 is 54.5 Å². The number of halogens is 3. The van der Waals surface area contributed by atoms with Crippen molar-refractivity contribution in [3.05, 3.63) is 71.9 Å². The van der Waals surface area contributed by atoms with Gasteiger partial charge in [-0.25, -0.2) is 4.79 Å². The van der Waals surface area contributed by atoms with Gasteiger partial charge in [0.05, 0.1) is 6.04 Å². The highest BCUT2D eigenvalue weighted by Crippen LogP contribution is 2.54. The summed E-state index contributed by atoms with van der Waals surface area (Å²) in [6.07, 6.45) is 1.21. The number of hydrogen-bond donors (Lipinski definition) is 5. The molecule has 4 fully saturated rings. The highest BCUT2D eigenvalue weighted by atomic mass is 19.4. The molecule has 3 aromatic rings. The molecule has 2 atom stereocenters. The Morgan fingerprint density at radius 3 is 2.20 bits per heavy atom.